The number of aromatic amines is 1. The van der Waals surface area contributed by atoms with Gasteiger partial charge in [-0.1, -0.05) is 39.0 Å². The van der Waals surface area contributed by atoms with Crippen LogP contribution in [-0.2, 0) is 12.0 Å². The zero-order chi connectivity index (χ0) is 17.3. The van der Waals surface area contributed by atoms with Crippen molar-refractivity contribution >= 4 is 10.8 Å². The Hall–Kier alpha value is -2.33. The van der Waals surface area contributed by atoms with Crippen LogP contribution in [0.15, 0.2) is 42.9 Å². The van der Waals surface area contributed by atoms with Crippen molar-refractivity contribution in [2.75, 3.05) is 7.11 Å². The monoisotopic (exact) mass is 324 g/mol. The number of benzene rings is 2. The van der Waals surface area contributed by atoms with Crippen LogP contribution in [0.3, 0.4) is 0 Å². The van der Waals surface area contributed by atoms with Crippen molar-refractivity contribution in [1.29, 1.82) is 0 Å². The Balaban J connectivity index is 2.20. The van der Waals surface area contributed by atoms with Crippen LogP contribution in [0.5, 0.6) is 5.75 Å². The quantitative estimate of drug-likeness (QED) is 0.745. The first-order chi connectivity index (χ1) is 11.5. The van der Waals surface area contributed by atoms with Crippen molar-refractivity contribution in [3.05, 3.63) is 59.7 Å². The average Bonchev–Trinajstić information content (AvgIpc) is 3.14. The molecule has 4 nitrogen and oxygen atoms in total. The second kappa shape index (κ2) is 6.29. The van der Waals surface area contributed by atoms with Gasteiger partial charge < -0.3 is 14.8 Å². The van der Waals surface area contributed by atoms with Crippen LogP contribution in [0.4, 0.5) is 0 Å². The highest BCUT2D eigenvalue weighted by atomic mass is 16.5. The minimum Gasteiger partial charge on any atom is -0.496 e. The Morgan fingerprint density at radius 1 is 1.25 bits per heavy atom. The third-order valence-electron chi connectivity index (χ3n) is 4.83. The number of H-pyrrole nitrogens is 1. The molecule has 0 bridgehead atoms. The van der Waals surface area contributed by atoms with E-state index in [1.807, 2.05) is 32.0 Å². The van der Waals surface area contributed by atoms with Crippen molar-refractivity contribution in [3.63, 3.8) is 0 Å². The Labute approximate surface area is 142 Å². The van der Waals surface area contributed by atoms with E-state index >= 15 is 0 Å². The molecule has 0 aliphatic heterocycles. The Bertz CT molecular complexity index is 840. The molecule has 2 N–H and O–H groups in total. The van der Waals surface area contributed by atoms with Gasteiger partial charge in [0.1, 0.15) is 11.4 Å². The van der Waals surface area contributed by atoms with E-state index in [-0.39, 0.29) is 5.92 Å². The van der Waals surface area contributed by atoms with Gasteiger partial charge in [0.2, 0.25) is 0 Å². The van der Waals surface area contributed by atoms with E-state index in [0.717, 1.165) is 28.5 Å². The predicted molar refractivity (Wildman–Crippen MR) is 96.3 cm³/mol. The van der Waals surface area contributed by atoms with Crippen LogP contribution in [-0.4, -0.2) is 22.2 Å². The number of ether oxygens (including phenoxy) is 1. The van der Waals surface area contributed by atoms with E-state index < -0.39 is 5.60 Å². The summed E-state index contributed by atoms with van der Waals surface area (Å²) in [5.41, 5.74) is 1.56. The van der Waals surface area contributed by atoms with Crippen LogP contribution < -0.4 is 4.74 Å². The highest BCUT2D eigenvalue weighted by Crippen LogP contribution is 2.38. The Morgan fingerprint density at radius 2 is 2.04 bits per heavy atom. The molecule has 0 aliphatic rings. The molecule has 24 heavy (non-hydrogen) atoms. The molecule has 2 aromatic carbocycles. The Morgan fingerprint density at radius 3 is 2.62 bits per heavy atom. The molecule has 0 saturated heterocycles. The lowest BCUT2D eigenvalue weighted by molar-refractivity contribution is 0.0281. The summed E-state index contributed by atoms with van der Waals surface area (Å²) in [6.45, 7) is 6.13. The van der Waals surface area contributed by atoms with E-state index in [0.29, 0.717) is 5.69 Å². The molecule has 0 spiro atoms. The predicted octanol–water partition coefficient (Wildman–Crippen LogP) is 4.03. The van der Waals surface area contributed by atoms with E-state index in [2.05, 4.69) is 29.0 Å². The van der Waals surface area contributed by atoms with Crippen molar-refractivity contribution in [1.82, 2.24) is 9.97 Å². The van der Waals surface area contributed by atoms with Crippen LogP contribution in [0.1, 0.15) is 37.6 Å². The lowest BCUT2D eigenvalue weighted by Crippen LogP contribution is -2.33. The standard InChI is InChI=1S/C20H24N2O2/c1-5-16-17-8-7-15(10-14(17)6-9-18(16)24-4)20(23,13(2)3)19-11-21-12-22-19/h6-13,23H,5H2,1-4H3,(H,21,22). The minimum absolute atomic E-state index is 0.0119. The van der Waals surface area contributed by atoms with Gasteiger partial charge in [-0.25, -0.2) is 4.98 Å². The molecule has 0 radical (unpaired) electrons. The molecule has 0 saturated carbocycles. The molecular formula is C20H24N2O2. The molecular weight excluding hydrogens is 300 g/mol. The lowest BCUT2D eigenvalue weighted by Gasteiger charge is -2.31. The van der Waals surface area contributed by atoms with Gasteiger partial charge in [0, 0.05) is 11.8 Å². The molecule has 1 atom stereocenters. The molecule has 4 heteroatoms. The number of aromatic nitrogens is 2. The molecule has 0 fully saturated rings. The smallest absolute Gasteiger partial charge is 0.135 e. The largest absolute Gasteiger partial charge is 0.496 e. The van der Waals surface area contributed by atoms with Crippen molar-refractivity contribution in [2.24, 2.45) is 5.92 Å². The van der Waals surface area contributed by atoms with Gasteiger partial charge in [-0.3, -0.25) is 0 Å². The van der Waals surface area contributed by atoms with Gasteiger partial charge in [-0.15, -0.1) is 0 Å². The maximum Gasteiger partial charge on any atom is 0.135 e. The highest BCUT2D eigenvalue weighted by molar-refractivity contribution is 5.88. The summed E-state index contributed by atoms with van der Waals surface area (Å²) in [5, 5.41) is 13.7. The van der Waals surface area contributed by atoms with Crippen LogP contribution in [0.2, 0.25) is 0 Å². The number of methoxy groups -OCH3 is 1. The fourth-order valence-corrected chi connectivity index (χ4v) is 3.41. The molecule has 3 rings (SSSR count). The fourth-order valence-electron chi connectivity index (χ4n) is 3.41. The lowest BCUT2D eigenvalue weighted by atomic mass is 9.80. The van der Waals surface area contributed by atoms with Crippen molar-refractivity contribution < 1.29 is 9.84 Å². The Kier molecular flexibility index (Phi) is 4.33. The number of aliphatic hydroxyl groups is 1. The number of nitrogens with zero attached hydrogens (tertiary/aromatic N) is 1. The summed E-state index contributed by atoms with van der Waals surface area (Å²) in [5.74, 6) is 0.895. The molecule has 1 unspecified atom stereocenters. The SMILES string of the molecule is CCc1c(OC)ccc2cc(C(O)(c3c[nH]cn3)C(C)C)ccc12. The molecule has 3 aromatic rings. The second-order valence-electron chi connectivity index (χ2n) is 6.41. The van der Waals surface area contributed by atoms with Crippen LogP contribution in [0.25, 0.3) is 10.8 Å². The third kappa shape index (κ3) is 2.47. The zero-order valence-electron chi connectivity index (χ0n) is 14.6. The summed E-state index contributed by atoms with van der Waals surface area (Å²) >= 11 is 0. The maximum atomic E-state index is 11.4. The summed E-state index contributed by atoms with van der Waals surface area (Å²) in [4.78, 5) is 7.24. The van der Waals surface area contributed by atoms with Crippen molar-refractivity contribution in [3.8, 4) is 5.75 Å². The highest BCUT2D eigenvalue weighted by Gasteiger charge is 2.37. The number of hydrogen-bond acceptors (Lipinski definition) is 3. The second-order valence-corrected chi connectivity index (χ2v) is 6.41. The first-order valence-electron chi connectivity index (χ1n) is 8.34. The van der Waals surface area contributed by atoms with Crippen LogP contribution in [0, 0.1) is 5.92 Å². The minimum atomic E-state index is -1.12. The molecule has 126 valence electrons. The molecule has 0 aliphatic carbocycles. The number of fused-ring (bicyclic) bond motifs is 1. The molecule has 1 aromatic heterocycles. The van der Waals surface area contributed by atoms with Crippen LogP contribution >= 0.6 is 0 Å². The number of hydrogen-bond donors (Lipinski definition) is 2. The van der Waals surface area contributed by atoms with Gasteiger partial charge in [-0.2, -0.15) is 0 Å². The van der Waals surface area contributed by atoms with Crippen molar-refractivity contribution in [2.45, 2.75) is 32.8 Å². The van der Waals surface area contributed by atoms with E-state index in [1.54, 1.807) is 19.6 Å². The van der Waals surface area contributed by atoms with Gasteiger partial charge in [0.15, 0.2) is 0 Å². The summed E-state index contributed by atoms with van der Waals surface area (Å²) in [6, 6.07) is 10.2. The van der Waals surface area contributed by atoms with E-state index in [4.69, 9.17) is 4.74 Å². The van der Waals surface area contributed by atoms with E-state index in [1.165, 1.54) is 5.56 Å². The van der Waals surface area contributed by atoms with Gasteiger partial charge in [0.05, 0.1) is 19.1 Å². The topological polar surface area (TPSA) is 58.1 Å². The van der Waals surface area contributed by atoms with Gasteiger partial charge in [0.25, 0.3) is 0 Å². The van der Waals surface area contributed by atoms with E-state index in [9.17, 15) is 5.11 Å². The first kappa shape index (κ1) is 16.5. The van der Waals surface area contributed by atoms with Gasteiger partial charge >= 0.3 is 0 Å². The summed E-state index contributed by atoms with van der Waals surface area (Å²) in [6.07, 6.45) is 4.26. The first-order valence-corrected chi connectivity index (χ1v) is 8.34. The number of rotatable bonds is 5. The number of aryl methyl sites for hydroxylation is 1. The van der Waals surface area contributed by atoms with Gasteiger partial charge in [-0.05, 0) is 40.8 Å². The number of imidazole rings is 1. The average molecular weight is 324 g/mol. The summed E-state index contributed by atoms with van der Waals surface area (Å²) in [7, 11) is 1.70. The third-order valence-corrected chi connectivity index (χ3v) is 4.83. The molecule has 0 amide bonds. The fraction of sp³-hybridized carbons (Fsp3) is 0.350. The maximum absolute atomic E-state index is 11.4. The zero-order valence-corrected chi connectivity index (χ0v) is 14.6. The molecule has 1 heterocycles. The summed E-state index contributed by atoms with van der Waals surface area (Å²) < 4.78 is 5.48. The number of nitrogens with one attached hydrogen (secondary N) is 1. The normalized spacial score (nSPS) is 14.1.